The maximum absolute atomic E-state index is 14.5. The van der Waals surface area contributed by atoms with Crippen LogP contribution in [0, 0.1) is 16.7 Å². The summed E-state index contributed by atoms with van der Waals surface area (Å²) in [5, 5.41) is 14.7. The van der Waals surface area contributed by atoms with E-state index in [1.807, 2.05) is 6.07 Å². The average molecular weight is 467 g/mol. The first-order chi connectivity index (χ1) is 16.3. The van der Waals surface area contributed by atoms with Crippen molar-refractivity contribution in [3.05, 3.63) is 48.2 Å². The van der Waals surface area contributed by atoms with Gasteiger partial charge in [0.25, 0.3) is 0 Å². The molecule has 1 aromatic carbocycles. The molecule has 2 saturated heterocycles. The lowest BCUT2D eigenvalue weighted by atomic mass is 9.95. The van der Waals surface area contributed by atoms with Gasteiger partial charge < -0.3 is 9.80 Å². The third kappa shape index (κ3) is 2.89. The number of hydrogen-bond donors (Lipinski definition) is 0. The fourth-order valence-corrected chi connectivity index (χ4v) is 6.04. The van der Waals surface area contributed by atoms with Gasteiger partial charge in [-0.15, -0.1) is 0 Å². The largest absolute Gasteiger partial charge is 0.397 e. The van der Waals surface area contributed by atoms with Crippen molar-refractivity contribution in [1.82, 2.24) is 24.6 Å². The summed E-state index contributed by atoms with van der Waals surface area (Å²) in [6.07, 6.45) is 0.654. The molecule has 0 bridgehead atoms. The number of anilines is 1. The summed E-state index contributed by atoms with van der Waals surface area (Å²) in [5.74, 6) is 0.294. The average Bonchev–Trinajstić information content (AvgIpc) is 3.14. The summed E-state index contributed by atoms with van der Waals surface area (Å²) in [7, 11) is 2.07. The summed E-state index contributed by atoms with van der Waals surface area (Å²) in [6.45, 7) is 1.89. The number of nitrogens with zero attached hydrogens (tertiary/aromatic N) is 7. The van der Waals surface area contributed by atoms with Crippen molar-refractivity contribution in [2.75, 3.05) is 38.1 Å². The van der Waals surface area contributed by atoms with Crippen molar-refractivity contribution in [2.24, 2.45) is 5.41 Å². The molecule has 176 valence electrons. The molecule has 1 saturated carbocycles. The van der Waals surface area contributed by atoms with Gasteiger partial charge in [0.05, 0.1) is 28.0 Å². The molecule has 3 aromatic rings. The monoisotopic (exact) mass is 467 g/mol. The van der Waals surface area contributed by atoms with Gasteiger partial charge in [0.1, 0.15) is 12.4 Å². The van der Waals surface area contributed by atoms with Crippen molar-refractivity contribution in [2.45, 2.75) is 36.9 Å². The molecule has 2 atom stereocenters. The molecule has 0 radical (unpaired) electrons. The van der Waals surface area contributed by atoms with Crippen molar-refractivity contribution in [1.29, 1.82) is 5.26 Å². The van der Waals surface area contributed by atoms with E-state index in [0.29, 0.717) is 28.0 Å². The summed E-state index contributed by atoms with van der Waals surface area (Å²) in [4.78, 5) is 12.8. The molecule has 10 heteroatoms. The molecule has 0 amide bonds. The number of hydrogen-bond acceptors (Lipinski definition) is 6. The summed E-state index contributed by atoms with van der Waals surface area (Å²) >= 11 is 0. The summed E-state index contributed by atoms with van der Waals surface area (Å²) in [6, 6.07) is 9.20. The Morgan fingerprint density at radius 2 is 1.91 bits per heavy atom. The van der Waals surface area contributed by atoms with Gasteiger partial charge in [-0.05, 0) is 63.7 Å². The van der Waals surface area contributed by atoms with E-state index < -0.39 is 17.0 Å². The number of rotatable bonds is 3. The Hall–Kier alpha value is -3.19. The van der Waals surface area contributed by atoms with Gasteiger partial charge in [-0.3, -0.25) is 4.98 Å². The summed E-state index contributed by atoms with van der Waals surface area (Å²) in [5.41, 5.74) is -1.47. The van der Waals surface area contributed by atoms with Crippen molar-refractivity contribution < 1.29 is 13.2 Å². The molecular formula is C24H24F3N7. The van der Waals surface area contributed by atoms with Crippen LogP contribution >= 0.6 is 0 Å². The topological polar surface area (TPSA) is 73.9 Å². The lowest BCUT2D eigenvalue weighted by Crippen LogP contribution is -2.34. The Bertz CT molecular complexity index is 1300. The highest BCUT2D eigenvalue weighted by atomic mass is 19.4. The minimum Gasteiger partial charge on any atom is -0.369 e. The highest BCUT2D eigenvalue weighted by molar-refractivity contribution is 5.95. The van der Waals surface area contributed by atoms with Crippen LogP contribution in [0.4, 0.5) is 18.9 Å². The van der Waals surface area contributed by atoms with Gasteiger partial charge in [0.2, 0.25) is 0 Å². The molecule has 3 aliphatic rings. The first-order valence-corrected chi connectivity index (χ1v) is 11.5. The highest BCUT2D eigenvalue weighted by Gasteiger charge is 2.85. The Balaban J connectivity index is 1.38. The smallest absolute Gasteiger partial charge is 0.369 e. The fourth-order valence-electron chi connectivity index (χ4n) is 6.04. The van der Waals surface area contributed by atoms with Gasteiger partial charge in [0, 0.05) is 30.4 Å². The first-order valence-electron chi connectivity index (χ1n) is 11.5. The van der Waals surface area contributed by atoms with Gasteiger partial charge in [0.15, 0.2) is 5.82 Å². The van der Waals surface area contributed by atoms with Crippen LogP contribution in [0.3, 0.4) is 0 Å². The molecule has 4 heterocycles. The predicted octanol–water partition coefficient (Wildman–Crippen LogP) is 3.68. The van der Waals surface area contributed by atoms with Crippen LogP contribution in [0.2, 0.25) is 0 Å². The number of halogens is 3. The van der Waals surface area contributed by atoms with E-state index >= 15 is 0 Å². The third-order valence-corrected chi connectivity index (χ3v) is 8.07. The van der Waals surface area contributed by atoms with Crippen LogP contribution in [0.25, 0.3) is 10.9 Å². The number of nitriles is 1. The number of alkyl halides is 3. The van der Waals surface area contributed by atoms with E-state index in [-0.39, 0.29) is 25.6 Å². The second kappa shape index (κ2) is 7.15. The number of likely N-dealkylation sites (tertiary alicyclic amines) is 1. The Kier molecular flexibility index (Phi) is 4.49. The van der Waals surface area contributed by atoms with E-state index in [0.717, 1.165) is 25.9 Å². The van der Waals surface area contributed by atoms with Crippen molar-refractivity contribution in [3.63, 3.8) is 0 Å². The molecule has 0 N–H and O–H groups in total. The predicted molar refractivity (Wildman–Crippen MR) is 119 cm³/mol. The molecule has 0 unspecified atom stereocenters. The zero-order chi connectivity index (χ0) is 23.7. The van der Waals surface area contributed by atoms with Gasteiger partial charge in [-0.25, -0.2) is 9.67 Å². The maximum Gasteiger partial charge on any atom is 0.397 e. The standard InChI is InChI=1S/C24H24F3N7/c1-32-9-6-17(7-10-32)34-15-30-21(31-34)22-12-23(22,24(25,26)27)14-33(13-22)19-5-4-16(11-28)20-18(19)3-2-8-29-20/h2-5,8,15,17H,6-7,9-10,12-14H2,1H3/t22-,23-/m0/s1. The molecule has 3 fully saturated rings. The third-order valence-electron chi connectivity index (χ3n) is 8.07. The van der Waals surface area contributed by atoms with Crippen LogP contribution in [0.1, 0.15) is 36.7 Å². The highest BCUT2D eigenvalue weighted by Crippen LogP contribution is 2.74. The second-order valence-corrected chi connectivity index (χ2v) is 9.92. The molecule has 2 aromatic heterocycles. The van der Waals surface area contributed by atoms with E-state index in [1.54, 1.807) is 40.3 Å². The molecule has 2 aliphatic heterocycles. The van der Waals surface area contributed by atoms with E-state index in [1.165, 1.54) is 0 Å². The number of fused-ring (bicyclic) bond motifs is 2. The Labute approximate surface area is 194 Å². The molecular weight excluding hydrogens is 443 g/mol. The van der Waals surface area contributed by atoms with Crippen LogP contribution in [-0.2, 0) is 5.41 Å². The summed E-state index contributed by atoms with van der Waals surface area (Å²) < 4.78 is 45.3. The SMILES string of the molecule is CN1CCC(n2cnc([C@]34CN(c5ccc(C#N)c6ncccc56)C[C@@]3(C(F)(F)F)C4)n2)CC1. The van der Waals surface area contributed by atoms with E-state index in [2.05, 4.69) is 33.1 Å². The van der Waals surface area contributed by atoms with Crippen LogP contribution in [0.5, 0.6) is 0 Å². The normalized spacial score (nSPS) is 27.7. The van der Waals surface area contributed by atoms with Gasteiger partial charge >= 0.3 is 6.18 Å². The molecule has 0 spiro atoms. The molecule has 34 heavy (non-hydrogen) atoms. The quantitative estimate of drug-likeness (QED) is 0.585. The van der Waals surface area contributed by atoms with Gasteiger partial charge in [-0.2, -0.15) is 23.5 Å². The first kappa shape index (κ1) is 21.4. The van der Waals surface area contributed by atoms with Crippen molar-refractivity contribution >= 4 is 16.6 Å². The minimum absolute atomic E-state index is 0.00385. The van der Waals surface area contributed by atoms with Crippen LogP contribution < -0.4 is 4.90 Å². The lowest BCUT2D eigenvalue weighted by Gasteiger charge is -2.28. The molecule has 7 nitrogen and oxygen atoms in total. The number of pyridine rings is 1. The molecule has 6 rings (SSSR count). The van der Waals surface area contributed by atoms with E-state index in [4.69, 9.17) is 0 Å². The number of benzene rings is 1. The zero-order valence-corrected chi connectivity index (χ0v) is 18.8. The second-order valence-electron chi connectivity index (χ2n) is 9.92. The Morgan fingerprint density at radius 3 is 2.65 bits per heavy atom. The number of piperidine rings is 2. The fraction of sp³-hybridized carbons (Fsp3) is 0.500. The van der Waals surface area contributed by atoms with Crippen LogP contribution in [0.15, 0.2) is 36.8 Å². The Morgan fingerprint density at radius 1 is 1.12 bits per heavy atom. The van der Waals surface area contributed by atoms with E-state index in [9.17, 15) is 18.4 Å². The minimum atomic E-state index is -4.37. The van der Waals surface area contributed by atoms with Crippen molar-refractivity contribution in [3.8, 4) is 6.07 Å². The lowest BCUT2D eigenvalue weighted by molar-refractivity contribution is -0.186. The maximum atomic E-state index is 14.5. The van der Waals surface area contributed by atoms with Gasteiger partial charge in [-0.1, -0.05) is 0 Å². The molecule has 1 aliphatic carbocycles. The zero-order valence-electron chi connectivity index (χ0n) is 18.8. The van der Waals surface area contributed by atoms with Crippen LogP contribution in [-0.4, -0.2) is 64.1 Å². The number of aromatic nitrogens is 4.